The van der Waals surface area contributed by atoms with Crippen LogP contribution in [0.25, 0.3) is 16.9 Å². The van der Waals surface area contributed by atoms with Crippen LogP contribution in [0, 0.1) is 0 Å². The van der Waals surface area contributed by atoms with Crippen molar-refractivity contribution in [3.63, 3.8) is 0 Å². The van der Waals surface area contributed by atoms with E-state index in [4.69, 9.17) is 19.2 Å². The van der Waals surface area contributed by atoms with Crippen molar-refractivity contribution >= 4 is 17.2 Å². The Kier molecular flexibility index (Phi) is 7.54. The Morgan fingerprint density at radius 3 is 2.30 bits per heavy atom. The number of nitrogens with zero attached hydrogens (tertiary/aromatic N) is 3. The average Bonchev–Trinajstić information content (AvgIpc) is 3.43. The van der Waals surface area contributed by atoms with Crippen LogP contribution in [-0.4, -0.2) is 43.2 Å². The summed E-state index contributed by atoms with van der Waals surface area (Å²) < 4.78 is 19.4. The maximum Gasteiger partial charge on any atom is 0.181 e. The first kappa shape index (κ1) is 27.2. The van der Waals surface area contributed by atoms with E-state index in [1.54, 1.807) is 14.2 Å². The zero-order valence-electron chi connectivity index (χ0n) is 24.9. The number of fused-ring (bicyclic) bond motifs is 1. The van der Waals surface area contributed by atoms with Crippen molar-refractivity contribution in [3.05, 3.63) is 101 Å². The second-order valence-corrected chi connectivity index (χ2v) is 11.4. The molecule has 0 aliphatic carbocycles. The van der Waals surface area contributed by atoms with E-state index in [1.807, 2.05) is 42.5 Å². The summed E-state index contributed by atoms with van der Waals surface area (Å²) in [4.78, 5) is 7.84. The van der Waals surface area contributed by atoms with Crippen LogP contribution in [0.2, 0.25) is 0 Å². The highest BCUT2D eigenvalue weighted by molar-refractivity contribution is 5.81. The van der Waals surface area contributed by atoms with Gasteiger partial charge in [-0.05, 0) is 90.8 Å². The van der Waals surface area contributed by atoms with Crippen LogP contribution in [0.4, 0.5) is 11.5 Å². The van der Waals surface area contributed by atoms with E-state index in [-0.39, 0.29) is 0 Å². The lowest BCUT2D eigenvalue weighted by Crippen LogP contribution is -2.34. The van der Waals surface area contributed by atoms with Gasteiger partial charge in [-0.3, -0.25) is 4.40 Å². The van der Waals surface area contributed by atoms with Crippen molar-refractivity contribution in [1.29, 1.82) is 0 Å². The lowest BCUT2D eigenvalue weighted by molar-refractivity contribution is 0.308. The maximum absolute atomic E-state index is 6.35. The van der Waals surface area contributed by atoms with Crippen LogP contribution in [0.1, 0.15) is 35.1 Å². The molecule has 4 heterocycles. The van der Waals surface area contributed by atoms with Gasteiger partial charge < -0.3 is 24.4 Å². The van der Waals surface area contributed by atoms with Crippen LogP contribution >= 0.6 is 0 Å². The van der Waals surface area contributed by atoms with Gasteiger partial charge in [0.25, 0.3) is 0 Å². The number of aromatic nitrogens is 2. The summed E-state index contributed by atoms with van der Waals surface area (Å²) in [7, 11) is 3.34. The number of rotatable bonds is 10. The largest absolute Gasteiger partial charge is 0.493 e. The van der Waals surface area contributed by atoms with Crippen LogP contribution in [0.15, 0.2) is 79.0 Å². The molecule has 2 aromatic heterocycles. The Balaban J connectivity index is 1.25. The van der Waals surface area contributed by atoms with Gasteiger partial charge >= 0.3 is 0 Å². The lowest BCUT2D eigenvalue weighted by Gasteiger charge is -2.37. The Hall–Kier alpha value is -4.65. The first-order valence-electron chi connectivity index (χ1n) is 15.3. The number of hydrogen-bond donors (Lipinski definition) is 1. The predicted octanol–water partition coefficient (Wildman–Crippen LogP) is 6.95. The summed E-state index contributed by atoms with van der Waals surface area (Å²) in [5.41, 5.74) is 9.62. The summed E-state index contributed by atoms with van der Waals surface area (Å²) in [5.74, 6) is 3.23. The van der Waals surface area contributed by atoms with E-state index in [1.165, 1.54) is 53.9 Å². The number of anilines is 2. The highest BCUT2D eigenvalue weighted by Crippen LogP contribution is 2.41. The molecule has 5 aromatic rings. The number of ether oxygens (including phenoxy) is 3. The molecule has 0 spiro atoms. The molecular weight excluding hydrogens is 536 g/mol. The van der Waals surface area contributed by atoms with Crippen molar-refractivity contribution in [2.45, 2.75) is 38.7 Å². The second-order valence-electron chi connectivity index (χ2n) is 11.4. The zero-order valence-corrected chi connectivity index (χ0v) is 24.9. The summed E-state index contributed by atoms with van der Waals surface area (Å²) in [6, 6.07) is 25.2. The Labute approximate surface area is 253 Å². The predicted molar refractivity (Wildman–Crippen MR) is 172 cm³/mol. The fourth-order valence-electron chi connectivity index (χ4n) is 6.56. The van der Waals surface area contributed by atoms with Gasteiger partial charge in [0, 0.05) is 37.1 Å². The van der Waals surface area contributed by atoms with Crippen molar-refractivity contribution in [1.82, 2.24) is 9.38 Å². The van der Waals surface area contributed by atoms with E-state index >= 15 is 0 Å². The lowest BCUT2D eigenvalue weighted by atomic mass is 9.89. The summed E-state index contributed by atoms with van der Waals surface area (Å²) in [6.45, 7) is 3.55. The van der Waals surface area contributed by atoms with Gasteiger partial charge in [0.05, 0.1) is 14.2 Å². The number of aryl methyl sites for hydroxylation is 2. The van der Waals surface area contributed by atoms with Gasteiger partial charge in [-0.25, -0.2) is 4.98 Å². The molecule has 7 nitrogen and oxygen atoms in total. The maximum atomic E-state index is 6.35. The fourth-order valence-corrected chi connectivity index (χ4v) is 6.56. The topological polar surface area (TPSA) is 60.3 Å². The van der Waals surface area contributed by atoms with Crippen LogP contribution < -0.4 is 24.4 Å². The first-order chi connectivity index (χ1) is 21.2. The molecule has 0 atom stereocenters. The van der Waals surface area contributed by atoms with Gasteiger partial charge in [0.2, 0.25) is 0 Å². The van der Waals surface area contributed by atoms with E-state index in [0.29, 0.717) is 6.61 Å². The monoisotopic (exact) mass is 574 g/mol. The highest BCUT2D eigenvalue weighted by Gasteiger charge is 2.26. The quantitative estimate of drug-likeness (QED) is 0.195. The van der Waals surface area contributed by atoms with Crippen molar-refractivity contribution in [2.75, 3.05) is 44.1 Å². The average molecular weight is 575 g/mol. The molecule has 0 radical (unpaired) electrons. The minimum Gasteiger partial charge on any atom is -0.493 e. The zero-order chi connectivity index (χ0) is 29.2. The highest BCUT2D eigenvalue weighted by atomic mass is 16.5. The number of benzene rings is 3. The smallest absolute Gasteiger partial charge is 0.181 e. The molecule has 2 aliphatic heterocycles. The molecule has 0 bridgehead atoms. The molecule has 0 unspecified atom stereocenters. The second kappa shape index (κ2) is 11.9. The van der Waals surface area contributed by atoms with Crippen LogP contribution in [-0.2, 0) is 25.9 Å². The van der Waals surface area contributed by atoms with Crippen molar-refractivity contribution in [3.8, 4) is 28.5 Å². The molecule has 0 fully saturated rings. The number of hydrogen-bond acceptors (Lipinski definition) is 6. The number of nitrogens with one attached hydrogen (secondary N) is 1. The van der Waals surface area contributed by atoms with Gasteiger partial charge in [0.1, 0.15) is 18.1 Å². The normalized spacial score (nSPS) is 14.0. The molecular formula is C36H38N4O3. The Morgan fingerprint density at radius 2 is 1.56 bits per heavy atom. The molecule has 2 aliphatic rings. The van der Waals surface area contributed by atoms with Crippen molar-refractivity contribution in [2.24, 2.45) is 0 Å². The summed E-state index contributed by atoms with van der Waals surface area (Å²) in [6.07, 6.45) is 7.54. The number of pyridine rings is 1. The standard InChI is InChI=1S/C36H38N4O3/c1-41-30-15-14-25(21-32(30)42-2)16-17-37-36-33(29-22-27-11-6-18-39-19-7-12-28(23-29)34(27)39)38-35-31(13-8-20-40(35)36)43-24-26-9-4-3-5-10-26/h3-5,8-10,13-15,20-23,37H,6-7,11-12,16-19,24H2,1-2H3. The molecule has 43 heavy (non-hydrogen) atoms. The molecule has 3 aromatic carbocycles. The Bertz CT molecular complexity index is 1720. The van der Waals surface area contributed by atoms with E-state index in [9.17, 15) is 0 Å². The third kappa shape index (κ3) is 5.36. The van der Waals surface area contributed by atoms with Gasteiger partial charge in [-0.2, -0.15) is 0 Å². The SMILES string of the molecule is COc1ccc(CCNc2c(-c3cc4c5c(c3)CCCN5CCC4)nc3c(OCc4ccccc4)cccn23)cc1OC. The molecule has 220 valence electrons. The third-order valence-electron chi connectivity index (χ3n) is 8.61. The van der Waals surface area contributed by atoms with Crippen LogP contribution in [0.3, 0.4) is 0 Å². The minimum absolute atomic E-state index is 0.490. The van der Waals surface area contributed by atoms with E-state index in [2.05, 4.69) is 51.1 Å². The molecule has 7 rings (SSSR count). The van der Waals surface area contributed by atoms with Gasteiger partial charge in [-0.15, -0.1) is 0 Å². The van der Waals surface area contributed by atoms with Crippen LogP contribution in [0.5, 0.6) is 17.2 Å². The van der Waals surface area contributed by atoms with Gasteiger partial charge in [0.15, 0.2) is 22.9 Å². The summed E-state index contributed by atoms with van der Waals surface area (Å²) in [5, 5.41) is 3.75. The van der Waals surface area contributed by atoms with Gasteiger partial charge in [-0.1, -0.05) is 36.4 Å². The molecule has 0 saturated heterocycles. The fraction of sp³-hybridized carbons (Fsp3) is 0.306. The molecule has 1 N–H and O–H groups in total. The summed E-state index contributed by atoms with van der Waals surface area (Å²) >= 11 is 0. The van der Waals surface area contributed by atoms with E-state index in [0.717, 1.165) is 65.8 Å². The number of methoxy groups -OCH3 is 2. The first-order valence-corrected chi connectivity index (χ1v) is 15.3. The Morgan fingerprint density at radius 1 is 0.791 bits per heavy atom. The van der Waals surface area contributed by atoms with E-state index < -0.39 is 0 Å². The molecule has 0 amide bonds. The third-order valence-corrected chi connectivity index (χ3v) is 8.61. The van der Waals surface area contributed by atoms with Crippen molar-refractivity contribution < 1.29 is 14.2 Å². The minimum atomic E-state index is 0.490. The molecule has 0 saturated carbocycles. The molecule has 7 heteroatoms. The number of imidazole rings is 1.